The second-order valence-corrected chi connectivity index (χ2v) is 7.63. The number of methoxy groups -OCH3 is 1. The third-order valence-electron chi connectivity index (χ3n) is 5.21. The Labute approximate surface area is 193 Å². The number of anilines is 1. The summed E-state index contributed by atoms with van der Waals surface area (Å²) in [6.45, 7) is 5.88. The molecule has 1 aliphatic heterocycles. The smallest absolute Gasteiger partial charge is 0.266 e. The molecule has 0 saturated carbocycles. The van der Waals surface area contributed by atoms with Gasteiger partial charge in [-0.25, -0.2) is 0 Å². The molecule has 1 fully saturated rings. The third-order valence-corrected chi connectivity index (χ3v) is 5.21. The van der Waals surface area contributed by atoms with Crippen LogP contribution in [0.4, 0.5) is 5.69 Å². The first-order valence-electron chi connectivity index (χ1n) is 10.6. The summed E-state index contributed by atoms with van der Waals surface area (Å²) in [5.74, 6) is 0.166. The van der Waals surface area contributed by atoms with E-state index in [1.54, 1.807) is 23.1 Å². The highest BCUT2D eigenvalue weighted by atomic mass is 16.5. The number of aryl methyl sites for hydroxylation is 2. The summed E-state index contributed by atoms with van der Waals surface area (Å²) < 4.78 is 16.3. The number of nitrogens with zero attached hydrogens (tertiary/aromatic N) is 2. The number of benzene rings is 2. The number of rotatable bonds is 7. The molecule has 1 heterocycles. The van der Waals surface area contributed by atoms with Crippen LogP contribution < -0.4 is 14.8 Å². The molecule has 33 heavy (non-hydrogen) atoms. The van der Waals surface area contributed by atoms with E-state index in [1.165, 1.54) is 13.2 Å². The van der Waals surface area contributed by atoms with E-state index in [1.807, 2.05) is 38.1 Å². The van der Waals surface area contributed by atoms with E-state index >= 15 is 0 Å². The van der Waals surface area contributed by atoms with Gasteiger partial charge in [-0.05, 0) is 49.2 Å². The fourth-order valence-corrected chi connectivity index (χ4v) is 3.40. The number of hydrogen-bond acceptors (Lipinski definition) is 6. The monoisotopic (exact) mass is 449 g/mol. The normalized spacial score (nSPS) is 13.8. The Bertz CT molecular complexity index is 1100. The van der Waals surface area contributed by atoms with Crippen molar-refractivity contribution >= 4 is 23.6 Å². The second-order valence-electron chi connectivity index (χ2n) is 7.63. The van der Waals surface area contributed by atoms with Gasteiger partial charge in [-0.2, -0.15) is 5.26 Å². The van der Waals surface area contributed by atoms with Crippen molar-refractivity contribution < 1.29 is 23.8 Å². The maximum atomic E-state index is 12.6. The van der Waals surface area contributed by atoms with E-state index in [2.05, 4.69) is 5.32 Å². The van der Waals surface area contributed by atoms with Crippen LogP contribution in [0.2, 0.25) is 0 Å². The summed E-state index contributed by atoms with van der Waals surface area (Å²) >= 11 is 0. The van der Waals surface area contributed by atoms with E-state index in [9.17, 15) is 14.9 Å². The molecule has 1 saturated heterocycles. The first-order valence-corrected chi connectivity index (χ1v) is 10.6. The molecule has 0 aromatic heterocycles. The predicted octanol–water partition coefficient (Wildman–Crippen LogP) is 3.10. The molecular weight excluding hydrogens is 422 g/mol. The van der Waals surface area contributed by atoms with Crippen LogP contribution in [0.3, 0.4) is 0 Å². The van der Waals surface area contributed by atoms with Gasteiger partial charge in [0, 0.05) is 18.8 Å². The number of amides is 2. The van der Waals surface area contributed by atoms with Gasteiger partial charge in [-0.1, -0.05) is 23.8 Å². The van der Waals surface area contributed by atoms with Gasteiger partial charge in [0.25, 0.3) is 11.8 Å². The first kappa shape index (κ1) is 23.8. The molecule has 2 aromatic rings. The van der Waals surface area contributed by atoms with Gasteiger partial charge in [-0.3, -0.25) is 9.59 Å². The number of nitriles is 1. The number of ether oxygens (including phenoxy) is 3. The Morgan fingerprint density at radius 1 is 1.15 bits per heavy atom. The Kier molecular flexibility index (Phi) is 8.06. The summed E-state index contributed by atoms with van der Waals surface area (Å²) in [5.41, 5.74) is 3.19. The SMILES string of the molecule is COc1cc(/C=C(/C#N)C(=O)Nc2ccc(C)cc2C)ccc1OCC(=O)N1CCOCC1. The van der Waals surface area contributed by atoms with Crippen molar-refractivity contribution in [2.24, 2.45) is 0 Å². The zero-order chi connectivity index (χ0) is 23.8. The van der Waals surface area contributed by atoms with Gasteiger partial charge in [0.05, 0.1) is 20.3 Å². The quantitative estimate of drug-likeness (QED) is 0.515. The predicted molar refractivity (Wildman–Crippen MR) is 124 cm³/mol. The molecule has 3 rings (SSSR count). The van der Waals surface area contributed by atoms with Crippen molar-refractivity contribution in [3.63, 3.8) is 0 Å². The van der Waals surface area contributed by atoms with E-state index < -0.39 is 5.91 Å². The van der Waals surface area contributed by atoms with E-state index in [-0.39, 0.29) is 18.1 Å². The average Bonchev–Trinajstić information content (AvgIpc) is 2.83. The van der Waals surface area contributed by atoms with Gasteiger partial charge in [0.2, 0.25) is 0 Å². The summed E-state index contributed by atoms with van der Waals surface area (Å²) in [6.07, 6.45) is 1.48. The van der Waals surface area contributed by atoms with Gasteiger partial charge < -0.3 is 24.4 Å². The molecule has 0 radical (unpaired) electrons. The van der Waals surface area contributed by atoms with Crippen molar-refractivity contribution in [1.82, 2.24) is 4.90 Å². The molecule has 0 aliphatic carbocycles. The Morgan fingerprint density at radius 3 is 2.58 bits per heavy atom. The largest absolute Gasteiger partial charge is 0.493 e. The fraction of sp³-hybridized carbons (Fsp3) is 0.320. The van der Waals surface area contributed by atoms with Crippen LogP contribution in [-0.4, -0.2) is 56.7 Å². The maximum absolute atomic E-state index is 12.6. The highest BCUT2D eigenvalue weighted by Gasteiger charge is 2.18. The summed E-state index contributed by atoms with van der Waals surface area (Å²) in [4.78, 5) is 26.6. The van der Waals surface area contributed by atoms with Crippen LogP contribution >= 0.6 is 0 Å². The molecule has 8 heteroatoms. The molecule has 2 aromatic carbocycles. The third kappa shape index (κ3) is 6.34. The summed E-state index contributed by atoms with van der Waals surface area (Å²) in [6, 6.07) is 12.6. The topological polar surface area (TPSA) is 101 Å². The van der Waals surface area contributed by atoms with Gasteiger partial charge in [0.1, 0.15) is 11.6 Å². The van der Waals surface area contributed by atoms with Gasteiger partial charge in [-0.15, -0.1) is 0 Å². The van der Waals surface area contributed by atoms with E-state index in [4.69, 9.17) is 14.2 Å². The number of morpholine rings is 1. The highest BCUT2D eigenvalue weighted by Crippen LogP contribution is 2.29. The zero-order valence-corrected chi connectivity index (χ0v) is 19.0. The van der Waals surface area contributed by atoms with Crippen LogP contribution in [-0.2, 0) is 14.3 Å². The summed E-state index contributed by atoms with van der Waals surface area (Å²) in [5, 5.41) is 12.3. The lowest BCUT2D eigenvalue weighted by Crippen LogP contribution is -2.43. The zero-order valence-electron chi connectivity index (χ0n) is 19.0. The Hall–Kier alpha value is -3.83. The minimum absolute atomic E-state index is 0.0480. The minimum atomic E-state index is -0.500. The molecule has 1 aliphatic rings. The van der Waals surface area contributed by atoms with E-state index in [0.717, 1.165) is 11.1 Å². The number of carbonyl (C=O) groups excluding carboxylic acids is 2. The van der Waals surface area contributed by atoms with Crippen molar-refractivity contribution in [3.8, 4) is 17.6 Å². The standard InChI is InChI=1S/C25H27N3O5/c1-17-4-6-21(18(2)12-17)27-25(30)20(15-26)13-19-5-7-22(23(14-19)31-3)33-16-24(29)28-8-10-32-11-9-28/h4-7,12-14H,8-11,16H2,1-3H3,(H,27,30)/b20-13-. The Morgan fingerprint density at radius 2 is 1.91 bits per heavy atom. The molecule has 0 unspecified atom stereocenters. The highest BCUT2D eigenvalue weighted by molar-refractivity contribution is 6.10. The molecule has 172 valence electrons. The molecule has 2 amide bonds. The van der Waals surface area contributed by atoms with Crippen LogP contribution in [0, 0.1) is 25.2 Å². The number of carbonyl (C=O) groups is 2. The lowest BCUT2D eigenvalue weighted by molar-refractivity contribution is -0.137. The molecule has 1 N–H and O–H groups in total. The molecule has 0 spiro atoms. The van der Waals surface area contributed by atoms with Gasteiger partial charge in [0.15, 0.2) is 18.1 Å². The number of hydrogen-bond donors (Lipinski definition) is 1. The van der Waals surface area contributed by atoms with E-state index in [0.29, 0.717) is 49.1 Å². The lowest BCUT2D eigenvalue weighted by atomic mass is 10.1. The molecule has 8 nitrogen and oxygen atoms in total. The lowest BCUT2D eigenvalue weighted by Gasteiger charge is -2.26. The van der Waals surface area contributed by atoms with Crippen LogP contribution in [0.25, 0.3) is 6.08 Å². The summed E-state index contributed by atoms with van der Waals surface area (Å²) in [7, 11) is 1.48. The second kappa shape index (κ2) is 11.2. The van der Waals surface area contributed by atoms with Crippen molar-refractivity contribution in [2.75, 3.05) is 45.3 Å². The average molecular weight is 450 g/mol. The van der Waals surface area contributed by atoms with Crippen molar-refractivity contribution in [2.45, 2.75) is 13.8 Å². The molecular formula is C25H27N3O5. The van der Waals surface area contributed by atoms with Crippen molar-refractivity contribution in [3.05, 3.63) is 58.7 Å². The maximum Gasteiger partial charge on any atom is 0.266 e. The first-order chi connectivity index (χ1) is 15.9. The van der Waals surface area contributed by atoms with Crippen LogP contribution in [0.5, 0.6) is 11.5 Å². The molecule has 0 atom stereocenters. The Balaban J connectivity index is 1.70. The van der Waals surface area contributed by atoms with Crippen molar-refractivity contribution in [1.29, 1.82) is 5.26 Å². The minimum Gasteiger partial charge on any atom is -0.493 e. The van der Waals surface area contributed by atoms with Crippen LogP contribution in [0.15, 0.2) is 42.0 Å². The number of nitrogens with one attached hydrogen (secondary N) is 1. The van der Waals surface area contributed by atoms with Crippen LogP contribution in [0.1, 0.15) is 16.7 Å². The fourth-order valence-electron chi connectivity index (χ4n) is 3.40. The molecule has 0 bridgehead atoms. The van der Waals surface area contributed by atoms with Gasteiger partial charge >= 0.3 is 0 Å².